The van der Waals surface area contributed by atoms with Crippen LogP contribution in [0.2, 0.25) is 10.0 Å². The first kappa shape index (κ1) is 23.2. The minimum absolute atomic E-state index is 0.0516. The summed E-state index contributed by atoms with van der Waals surface area (Å²) in [5.41, 5.74) is 3.37. The lowest BCUT2D eigenvalue weighted by Gasteiger charge is -2.22. The number of thiocarbonyl (C=S) groups is 1. The minimum atomic E-state index is -1.08. The van der Waals surface area contributed by atoms with Gasteiger partial charge >= 0.3 is 0 Å². The van der Waals surface area contributed by atoms with Crippen LogP contribution < -0.4 is 15.5 Å². The molecule has 33 heavy (non-hydrogen) atoms. The van der Waals surface area contributed by atoms with Crippen molar-refractivity contribution in [1.29, 1.82) is 0 Å². The highest BCUT2D eigenvalue weighted by molar-refractivity contribution is 7.80. The molecule has 9 heteroatoms. The van der Waals surface area contributed by atoms with E-state index in [0.29, 0.717) is 32.6 Å². The molecule has 0 aromatic heterocycles. The first-order chi connectivity index (χ1) is 15.7. The number of halogens is 3. The molecule has 0 spiro atoms. The number of hydrogen-bond acceptors (Lipinski definition) is 3. The number of rotatable bonds is 3. The first-order valence-corrected chi connectivity index (χ1v) is 11.1. The van der Waals surface area contributed by atoms with Crippen LogP contribution in [0.3, 0.4) is 0 Å². The first-order valence-electron chi connectivity index (χ1n) is 9.98. The fourth-order valence-corrected chi connectivity index (χ4v) is 4.13. The summed E-state index contributed by atoms with van der Waals surface area (Å²) >= 11 is 18.1. The molecule has 2 N–H and O–H groups in total. The van der Waals surface area contributed by atoms with Crippen molar-refractivity contribution < 1.29 is 9.18 Å². The minimum Gasteiger partial charge on any atom is -0.333 e. The van der Waals surface area contributed by atoms with E-state index in [2.05, 4.69) is 15.6 Å². The van der Waals surface area contributed by atoms with E-state index in [1.165, 1.54) is 11.0 Å². The molecule has 1 aliphatic rings. The van der Waals surface area contributed by atoms with Crippen molar-refractivity contribution in [2.45, 2.75) is 13.1 Å². The lowest BCUT2D eigenvalue weighted by molar-refractivity contribution is -0.119. The number of nitrogens with one attached hydrogen (secondary N) is 2. The fraction of sp³-hybridized carbons (Fsp3) is 0.125. The Labute approximate surface area is 206 Å². The van der Waals surface area contributed by atoms with E-state index in [0.717, 1.165) is 5.56 Å². The average Bonchev–Trinajstić information content (AvgIpc) is 2.86. The van der Waals surface area contributed by atoms with Gasteiger partial charge in [0.2, 0.25) is 6.17 Å². The van der Waals surface area contributed by atoms with Gasteiger partial charge in [-0.2, -0.15) is 0 Å². The molecule has 0 fully saturated rings. The molecule has 0 radical (unpaired) electrons. The van der Waals surface area contributed by atoms with Gasteiger partial charge in [-0.25, -0.2) is 9.38 Å². The molecule has 0 saturated heterocycles. The van der Waals surface area contributed by atoms with Crippen LogP contribution in [0.5, 0.6) is 0 Å². The Bertz CT molecular complexity index is 1300. The van der Waals surface area contributed by atoms with E-state index in [4.69, 9.17) is 35.4 Å². The van der Waals surface area contributed by atoms with Gasteiger partial charge in [-0.05, 0) is 61.1 Å². The van der Waals surface area contributed by atoms with Crippen molar-refractivity contribution >= 4 is 63.5 Å². The van der Waals surface area contributed by atoms with Crippen LogP contribution in [0.4, 0.5) is 15.8 Å². The molecule has 5 nitrogen and oxygen atoms in total. The fourth-order valence-electron chi connectivity index (χ4n) is 3.51. The molecule has 0 bridgehead atoms. The van der Waals surface area contributed by atoms with Crippen LogP contribution in [0.15, 0.2) is 65.7 Å². The molecular formula is C24H19Cl2FN4OS. The molecule has 1 atom stereocenters. The third kappa shape index (κ3) is 4.85. The highest BCUT2D eigenvalue weighted by Gasteiger charge is 2.31. The number of aryl methyl sites for hydroxylation is 1. The van der Waals surface area contributed by atoms with Gasteiger partial charge in [0.15, 0.2) is 5.11 Å². The number of nitrogens with zero attached hydrogens (tertiary/aromatic N) is 2. The van der Waals surface area contributed by atoms with Crippen molar-refractivity contribution in [3.63, 3.8) is 0 Å². The lowest BCUT2D eigenvalue weighted by atomic mass is 10.00. The molecule has 0 saturated carbocycles. The van der Waals surface area contributed by atoms with Crippen LogP contribution in [-0.4, -0.2) is 29.9 Å². The van der Waals surface area contributed by atoms with E-state index < -0.39 is 12.0 Å². The van der Waals surface area contributed by atoms with Crippen LogP contribution in [0, 0.1) is 12.7 Å². The lowest BCUT2D eigenvalue weighted by Crippen LogP contribution is -2.47. The smallest absolute Gasteiger partial charge is 0.272 e. The summed E-state index contributed by atoms with van der Waals surface area (Å²) in [6.07, 6.45) is -1.08. The van der Waals surface area contributed by atoms with Crippen LogP contribution >= 0.6 is 35.4 Å². The van der Waals surface area contributed by atoms with Gasteiger partial charge in [0.1, 0.15) is 5.82 Å². The van der Waals surface area contributed by atoms with E-state index >= 15 is 0 Å². The quantitative estimate of drug-likeness (QED) is 0.461. The maximum Gasteiger partial charge on any atom is 0.272 e. The summed E-state index contributed by atoms with van der Waals surface area (Å²) in [6, 6.07) is 17.1. The number of aliphatic imine (C=N–C) groups is 1. The number of hydrogen-bond donors (Lipinski definition) is 2. The molecular weight excluding hydrogens is 482 g/mol. The largest absolute Gasteiger partial charge is 0.333 e. The van der Waals surface area contributed by atoms with Crippen LogP contribution in [-0.2, 0) is 4.79 Å². The van der Waals surface area contributed by atoms with Gasteiger partial charge in [-0.3, -0.25) is 4.79 Å². The second-order valence-corrected chi connectivity index (χ2v) is 8.75. The monoisotopic (exact) mass is 500 g/mol. The Morgan fingerprint density at radius 1 is 1.09 bits per heavy atom. The average molecular weight is 501 g/mol. The zero-order valence-electron chi connectivity index (χ0n) is 17.7. The number of anilines is 2. The number of carbonyl (C=O) groups excluding carboxylic acids is 1. The Hall–Kier alpha value is -3.00. The maximum absolute atomic E-state index is 14.3. The van der Waals surface area contributed by atoms with E-state index in [9.17, 15) is 9.18 Å². The van der Waals surface area contributed by atoms with Crippen molar-refractivity contribution in [2.75, 3.05) is 17.3 Å². The molecule has 1 heterocycles. The van der Waals surface area contributed by atoms with Crippen molar-refractivity contribution in [2.24, 2.45) is 4.99 Å². The Balaban J connectivity index is 1.74. The predicted octanol–water partition coefficient (Wildman–Crippen LogP) is 5.57. The summed E-state index contributed by atoms with van der Waals surface area (Å²) in [6.45, 7) is 1.79. The van der Waals surface area contributed by atoms with E-state index in [1.807, 2.05) is 18.2 Å². The third-order valence-corrected chi connectivity index (χ3v) is 5.95. The summed E-state index contributed by atoms with van der Waals surface area (Å²) in [7, 11) is 1.64. The van der Waals surface area contributed by atoms with Crippen molar-refractivity contribution in [1.82, 2.24) is 5.32 Å². The van der Waals surface area contributed by atoms with Gasteiger partial charge < -0.3 is 15.5 Å². The zero-order chi connectivity index (χ0) is 23.7. The van der Waals surface area contributed by atoms with Crippen LogP contribution in [0.1, 0.15) is 16.7 Å². The number of benzodiazepines with no additional fused rings is 1. The standard InChI is InChI=1S/C24H19Cl2FN4OS/c1-13-7-9-19(18(27)11-13)28-24(33)30-22-23(32)31(2)20-10-8-14(25)12-16(20)21(29-22)15-5-3-4-6-17(15)26/h3-12,22H,1-2H3,(H2,28,30,33). The Kier molecular flexibility index (Phi) is 6.65. The Morgan fingerprint density at radius 2 is 1.85 bits per heavy atom. The molecule has 1 unspecified atom stereocenters. The predicted molar refractivity (Wildman–Crippen MR) is 136 cm³/mol. The second-order valence-electron chi connectivity index (χ2n) is 7.50. The highest BCUT2D eigenvalue weighted by atomic mass is 35.5. The molecule has 3 aromatic carbocycles. The third-order valence-electron chi connectivity index (χ3n) is 5.17. The van der Waals surface area contributed by atoms with Gasteiger partial charge in [0, 0.05) is 28.2 Å². The Morgan fingerprint density at radius 3 is 2.58 bits per heavy atom. The number of likely N-dealkylation sites (N-methyl/N-ethyl adjacent to an activating group) is 1. The number of carbonyl (C=O) groups is 1. The van der Waals surface area contributed by atoms with Crippen molar-refractivity contribution in [3.05, 3.63) is 93.2 Å². The van der Waals surface area contributed by atoms with E-state index in [-0.39, 0.29) is 16.7 Å². The zero-order valence-corrected chi connectivity index (χ0v) is 20.0. The molecule has 3 aromatic rings. The molecule has 4 rings (SSSR count). The van der Waals surface area contributed by atoms with Gasteiger partial charge in [0.25, 0.3) is 5.91 Å². The molecule has 1 amide bonds. The molecule has 1 aliphatic heterocycles. The summed E-state index contributed by atoms with van der Waals surface area (Å²) < 4.78 is 14.3. The number of fused-ring (bicyclic) bond motifs is 1. The topological polar surface area (TPSA) is 56.7 Å². The normalized spacial score (nSPS) is 15.4. The van der Waals surface area contributed by atoms with Gasteiger partial charge in [-0.15, -0.1) is 0 Å². The molecule has 168 valence electrons. The van der Waals surface area contributed by atoms with Gasteiger partial charge in [-0.1, -0.05) is 47.5 Å². The molecule has 0 aliphatic carbocycles. The van der Waals surface area contributed by atoms with Crippen LogP contribution in [0.25, 0.3) is 0 Å². The highest BCUT2D eigenvalue weighted by Crippen LogP contribution is 2.31. The van der Waals surface area contributed by atoms with Gasteiger partial charge in [0.05, 0.1) is 17.1 Å². The summed E-state index contributed by atoms with van der Waals surface area (Å²) in [5, 5.41) is 6.71. The second kappa shape index (κ2) is 9.47. The SMILES string of the molecule is Cc1ccc(NC(=S)NC2N=C(c3ccccc3Cl)c3cc(Cl)ccc3N(C)C2=O)c(F)c1. The summed E-state index contributed by atoms with van der Waals surface area (Å²) in [4.78, 5) is 19.4. The summed E-state index contributed by atoms with van der Waals surface area (Å²) in [5.74, 6) is -0.806. The van der Waals surface area contributed by atoms with Crippen molar-refractivity contribution in [3.8, 4) is 0 Å². The number of amides is 1. The van der Waals surface area contributed by atoms with E-state index in [1.54, 1.807) is 50.4 Å². The number of benzene rings is 3. The maximum atomic E-state index is 14.3.